The summed E-state index contributed by atoms with van der Waals surface area (Å²) in [5.74, 6) is -0.556. The van der Waals surface area contributed by atoms with E-state index in [1.54, 1.807) is 0 Å². The van der Waals surface area contributed by atoms with E-state index in [1.807, 2.05) is 6.08 Å². The zero-order chi connectivity index (χ0) is 11.5. The van der Waals surface area contributed by atoms with Gasteiger partial charge in [-0.05, 0) is 26.2 Å². The Morgan fingerprint density at radius 1 is 1.20 bits per heavy atom. The largest absolute Gasteiger partial charge is 0.465 e. The molecule has 0 aliphatic rings. The van der Waals surface area contributed by atoms with Crippen LogP contribution >= 0.6 is 0 Å². The van der Waals surface area contributed by atoms with Crippen molar-refractivity contribution >= 4 is 11.8 Å². The smallest absolute Gasteiger partial charge is 0.313 e. The van der Waals surface area contributed by atoms with Crippen LogP contribution in [0, 0.1) is 0 Å². The van der Waals surface area contributed by atoms with E-state index in [4.69, 9.17) is 4.74 Å². The van der Waals surface area contributed by atoms with Crippen molar-refractivity contribution in [2.75, 3.05) is 6.61 Å². The van der Waals surface area contributed by atoms with Crippen molar-refractivity contribution in [2.45, 2.75) is 45.4 Å². The molecular weight excluding hydrogens is 192 g/mol. The highest BCUT2D eigenvalue weighted by molar-refractivity contribution is 5.94. The Kier molecular flexibility index (Phi) is 8.73. The van der Waals surface area contributed by atoms with E-state index >= 15 is 0 Å². The summed E-state index contributed by atoms with van der Waals surface area (Å²) in [4.78, 5) is 21.5. The Labute approximate surface area is 91.5 Å². The molecule has 0 unspecified atom stereocenters. The Morgan fingerprint density at radius 2 is 1.87 bits per heavy atom. The molecule has 0 spiro atoms. The highest BCUT2D eigenvalue weighted by Crippen LogP contribution is 2.03. The molecule has 0 saturated carbocycles. The average Bonchev–Trinajstić information content (AvgIpc) is 2.15. The van der Waals surface area contributed by atoms with Crippen molar-refractivity contribution in [3.8, 4) is 0 Å². The number of Topliss-reactive ketones (excluding diaryl/α,β-unsaturated/α-hetero) is 1. The summed E-state index contributed by atoms with van der Waals surface area (Å²) < 4.78 is 4.88. The lowest BCUT2D eigenvalue weighted by atomic mass is 10.1. The molecule has 0 radical (unpaired) electrons. The van der Waals surface area contributed by atoms with Gasteiger partial charge in [0.25, 0.3) is 0 Å². The number of ether oxygens (including phenoxy) is 1. The van der Waals surface area contributed by atoms with Crippen LogP contribution in [0.3, 0.4) is 0 Å². The molecule has 0 aromatic carbocycles. The van der Waals surface area contributed by atoms with Gasteiger partial charge in [-0.3, -0.25) is 9.59 Å². The minimum Gasteiger partial charge on any atom is -0.465 e. The molecule has 86 valence electrons. The average molecular weight is 212 g/mol. The molecule has 0 aliphatic carbocycles. The molecule has 0 bridgehead atoms. The summed E-state index contributed by atoms with van der Waals surface area (Å²) in [6, 6.07) is 0. The maximum absolute atomic E-state index is 10.9. The normalized spacial score (nSPS) is 9.67. The first-order valence-corrected chi connectivity index (χ1v) is 5.42. The van der Waals surface area contributed by atoms with E-state index in [-0.39, 0.29) is 12.2 Å². The first-order valence-electron chi connectivity index (χ1n) is 5.42. The van der Waals surface area contributed by atoms with Crippen molar-refractivity contribution in [2.24, 2.45) is 0 Å². The third-order valence-corrected chi connectivity index (χ3v) is 1.96. The van der Waals surface area contributed by atoms with Crippen LogP contribution in [0.1, 0.15) is 45.4 Å². The van der Waals surface area contributed by atoms with Gasteiger partial charge in [0, 0.05) is 0 Å². The molecular formula is C12H20O3. The van der Waals surface area contributed by atoms with Gasteiger partial charge >= 0.3 is 5.97 Å². The Balaban J connectivity index is 3.20. The number of ketones is 1. The number of hydrogen-bond acceptors (Lipinski definition) is 3. The molecule has 3 heteroatoms. The van der Waals surface area contributed by atoms with Gasteiger partial charge in [-0.25, -0.2) is 0 Å². The van der Waals surface area contributed by atoms with Gasteiger partial charge in [0.15, 0.2) is 0 Å². The van der Waals surface area contributed by atoms with Gasteiger partial charge in [0.1, 0.15) is 12.2 Å². The molecule has 15 heavy (non-hydrogen) atoms. The molecule has 0 atom stereocenters. The van der Waals surface area contributed by atoms with Gasteiger partial charge in [0.2, 0.25) is 0 Å². The van der Waals surface area contributed by atoms with Crippen LogP contribution in [0.25, 0.3) is 0 Å². The predicted octanol–water partition coefficient (Wildman–Crippen LogP) is 2.65. The van der Waals surface area contributed by atoms with E-state index < -0.39 is 5.97 Å². The van der Waals surface area contributed by atoms with E-state index in [9.17, 15) is 9.59 Å². The SMILES string of the molecule is C=CCCCCCCOC(=O)CC(C)=O. The van der Waals surface area contributed by atoms with Crippen molar-refractivity contribution in [1.29, 1.82) is 0 Å². The second-order valence-electron chi connectivity index (χ2n) is 3.59. The minimum absolute atomic E-state index is 0.101. The van der Waals surface area contributed by atoms with Crippen LogP contribution in [-0.2, 0) is 14.3 Å². The third-order valence-electron chi connectivity index (χ3n) is 1.96. The van der Waals surface area contributed by atoms with E-state index in [0.29, 0.717) is 6.61 Å². The molecule has 0 heterocycles. The molecule has 0 saturated heterocycles. The van der Waals surface area contributed by atoms with Crippen LogP contribution in [0.15, 0.2) is 12.7 Å². The summed E-state index contributed by atoms with van der Waals surface area (Å²) >= 11 is 0. The lowest BCUT2D eigenvalue weighted by molar-refractivity contribution is -0.145. The summed E-state index contributed by atoms with van der Waals surface area (Å²) in [6.45, 7) is 5.46. The zero-order valence-electron chi connectivity index (χ0n) is 9.46. The molecule has 0 rings (SSSR count). The standard InChI is InChI=1S/C12H20O3/c1-3-4-5-6-7-8-9-15-12(14)10-11(2)13/h3H,1,4-10H2,2H3. The van der Waals surface area contributed by atoms with Crippen molar-refractivity contribution in [3.63, 3.8) is 0 Å². The number of carbonyl (C=O) groups is 2. The first-order chi connectivity index (χ1) is 7.16. The monoisotopic (exact) mass is 212 g/mol. The second-order valence-corrected chi connectivity index (χ2v) is 3.59. The van der Waals surface area contributed by atoms with Crippen molar-refractivity contribution in [3.05, 3.63) is 12.7 Å². The van der Waals surface area contributed by atoms with Crippen molar-refractivity contribution < 1.29 is 14.3 Å². The fraction of sp³-hybridized carbons (Fsp3) is 0.667. The molecule has 3 nitrogen and oxygen atoms in total. The number of hydrogen-bond donors (Lipinski definition) is 0. The predicted molar refractivity (Wildman–Crippen MR) is 59.5 cm³/mol. The Morgan fingerprint density at radius 3 is 2.47 bits per heavy atom. The molecule has 0 amide bonds. The number of carbonyl (C=O) groups excluding carboxylic acids is 2. The van der Waals surface area contributed by atoms with E-state index in [1.165, 1.54) is 6.92 Å². The fourth-order valence-electron chi connectivity index (χ4n) is 1.18. The summed E-state index contributed by atoms with van der Waals surface area (Å²) in [7, 11) is 0. The van der Waals surface area contributed by atoms with E-state index in [2.05, 4.69) is 6.58 Å². The summed E-state index contributed by atoms with van der Waals surface area (Å²) in [6.07, 6.45) is 7.07. The first kappa shape index (κ1) is 13.9. The van der Waals surface area contributed by atoms with Gasteiger partial charge in [0.05, 0.1) is 6.61 Å². The highest BCUT2D eigenvalue weighted by atomic mass is 16.5. The van der Waals surface area contributed by atoms with Gasteiger partial charge in [-0.1, -0.05) is 18.9 Å². The number of allylic oxidation sites excluding steroid dienone is 1. The quantitative estimate of drug-likeness (QED) is 0.255. The third kappa shape index (κ3) is 10.8. The maximum atomic E-state index is 10.9. The summed E-state index contributed by atoms with van der Waals surface area (Å²) in [5.41, 5.74) is 0. The minimum atomic E-state index is -0.409. The molecule has 0 N–H and O–H groups in total. The fourth-order valence-corrected chi connectivity index (χ4v) is 1.18. The lowest BCUT2D eigenvalue weighted by Gasteiger charge is -2.02. The van der Waals surface area contributed by atoms with Crippen LogP contribution < -0.4 is 0 Å². The Hall–Kier alpha value is -1.12. The number of rotatable bonds is 9. The molecule has 0 aliphatic heterocycles. The van der Waals surface area contributed by atoms with Gasteiger partial charge < -0.3 is 4.74 Å². The highest BCUT2D eigenvalue weighted by Gasteiger charge is 2.05. The topological polar surface area (TPSA) is 43.4 Å². The van der Waals surface area contributed by atoms with Gasteiger partial charge in [-0.15, -0.1) is 6.58 Å². The second kappa shape index (κ2) is 9.44. The molecule has 0 aromatic rings. The van der Waals surface area contributed by atoms with Crippen LogP contribution in [-0.4, -0.2) is 18.4 Å². The van der Waals surface area contributed by atoms with Crippen LogP contribution in [0.5, 0.6) is 0 Å². The number of unbranched alkanes of at least 4 members (excludes halogenated alkanes) is 4. The molecule has 0 fully saturated rings. The van der Waals surface area contributed by atoms with Crippen LogP contribution in [0.4, 0.5) is 0 Å². The van der Waals surface area contributed by atoms with Crippen molar-refractivity contribution in [1.82, 2.24) is 0 Å². The number of esters is 1. The summed E-state index contributed by atoms with van der Waals surface area (Å²) in [5, 5.41) is 0. The molecule has 0 aromatic heterocycles. The lowest BCUT2D eigenvalue weighted by Crippen LogP contribution is -2.09. The van der Waals surface area contributed by atoms with Crippen LogP contribution in [0.2, 0.25) is 0 Å². The van der Waals surface area contributed by atoms with E-state index in [0.717, 1.165) is 32.1 Å². The Bertz CT molecular complexity index is 209. The van der Waals surface area contributed by atoms with Gasteiger partial charge in [-0.2, -0.15) is 0 Å². The zero-order valence-corrected chi connectivity index (χ0v) is 9.46. The maximum Gasteiger partial charge on any atom is 0.313 e.